The lowest BCUT2D eigenvalue weighted by molar-refractivity contribution is 0.358. The van der Waals surface area contributed by atoms with Gasteiger partial charge in [-0.15, -0.1) is 11.3 Å². The molecule has 0 fully saturated rings. The number of halogens is 2. The Morgan fingerprint density at radius 3 is 2.33 bits per heavy atom. The van der Waals surface area contributed by atoms with E-state index in [1.807, 2.05) is 0 Å². The van der Waals surface area contributed by atoms with Crippen molar-refractivity contribution < 1.29 is 0 Å². The maximum Gasteiger partial charge on any atom is 0.0843 e. The third kappa shape index (κ3) is 3.98. The van der Waals surface area contributed by atoms with E-state index in [-0.39, 0.29) is 0 Å². The predicted molar refractivity (Wildman–Crippen MR) is 100 cm³/mol. The lowest BCUT2D eigenvalue weighted by atomic mass is 9.79. The van der Waals surface area contributed by atoms with Crippen LogP contribution in [0.1, 0.15) is 42.7 Å². The molecular weight excluding hydrogens is 410 g/mol. The molecule has 0 aliphatic heterocycles. The summed E-state index contributed by atoms with van der Waals surface area (Å²) in [6, 6.07) is 13.4. The first-order chi connectivity index (χ1) is 10.1. The first-order valence-electron chi connectivity index (χ1n) is 7.25. The molecule has 0 amide bonds. The topological polar surface area (TPSA) is 12.0 Å². The zero-order chi connectivity index (χ0) is 15.4. The van der Waals surface area contributed by atoms with Gasteiger partial charge < -0.3 is 5.32 Å². The molecule has 114 valence electrons. The van der Waals surface area contributed by atoms with Crippen molar-refractivity contribution >= 4 is 43.2 Å². The largest absolute Gasteiger partial charge is 0.312 e. The Morgan fingerprint density at radius 2 is 1.86 bits per heavy atom. The van der Waals surface area contributed by atoms with E-state index < -0.39 is 0 Å². The molecular formula is C17H21Br2NS. The van der Waals surface area contributed by atoms with Crippen molar-refractivity contribution in [1.82, 2.24) is 5.32 Å². The summed E-state index contributed by atoms with van der Waals surface area (Å²) in [5.74, 6) is 1.09. The van der Waals surface area contributed by atoms with E-state index in [1.54, 1.807) is 11.3 Å². The molecule has 2 aromatic rings. The molecule has 3 atom stereocenters. The highest BCUT2D eigenvalue weighted by Crippen LogP contribution is 2.43. The molecule has 4 heteroatoms. The van der Waals surface area contributed by atoms with Gasteiger partial charge in [0.15, 0.2) is 0 Å². The van der Waals surface area contributed by atoms with Gasteiger partial charge in [0, 0.05) is 21.3 Å². The van der Waals surface area contributed by atoms with Gasteiger partial charge in [0.1, 0.15) is 0 Å². The fraction of sp³-hybridized carbons (Fsp3) is 0.412. The smallest absolute Gasteiger partial charge is 0.0843 e. The molecule has 1 nitrogen and oxygen atoms in total. The number of likely N-dealkylation sites (N-methyl/N-ethyl adjacent to an activating group) is 1. The van der Waals surface area contributed by atoms with Crippen molar-refractivity contribution in [3.63, 3.8) is 0 Å². The van der Waals surface area contributed by atoms with Crippen LogP contribution in [0.5, 0.6) is 0 Å². The van der Waals surface area contributed by atoms with Crippen LogP contribution in [0.4, 0.5) is 0 Å². The summed E-state index contributed by atoms with van der Waals surface area (Å²) in [6.07, 6.45) is 1.17. The summed E-state index contributed by atoms with van der Waals surface area (Å²) in [6.45, 7) is 4.62. The molecule has 0 spiro atoms. The number of nitrogens with one attached hydrogen (secondary N) is 1. The van der Waals surface area contributed by atoms with Gasteiger partial charge in [-0.25, -0.2) is 0 Å². The molecule has 0 radical (unpaired) electrons. The lowest BCUT2D eigenvalue weighted by Crippen LogP contribution is -2.27. The van der Waals surface area contributed by atoms with E-state index in [0.29, 0.717) is 17.9 Å². The summed E-state index contributed by atoms with van der Waals surface area (Å²) >= 11 is 9.03. The van der Waals surface area contributed by atoms with Gasteiger partial charge in [0.05, 0.1) is 3.79 Å². The van der Waals surface area contributed by atoms with Crippen LogP contribution in [0, 0.1) is 5.92 Å². The van der Waals surface area contributed by atoms with E-state index in [4.69, 9.17) is 0 Å². The SMILES string of the molecule is CCC(C)C(c1ccccc1)C(NC)c1cc(Br)c(Br)s1. The Kier molecular flexibility index (Phi) is 6.48. The number of hydrogen-bond donors (Lipinski definition) is 1. The van der Waals surface area contributed by atoms with Crippen molar-refractivity contribution in [3.8, 4) is 0 Å². The highest BCUT2D eigenvalue weighted by Gasteiger charge is 2.29. The van der Waals surface area contributed by atoms with Crippen LogP contribution < -0.4 is 5.32 Å². The van der Waals surface area contributed by atoms with E-state index >= 15 is 0 Å². The Morgan fingerprint density at radius 1 is 1.19 bits per heavy atom. The molecule has 0 aliphatic carbocycles. The fourth-order valence-corrected chi connectivity index (χ4v) is 5.04. The second kappa shape index (κ2) is 7.91. The van der Waals surface area contributed by atoms with Gasteiger partial charge in [0.25, 0.3) is 0 Å². The second-order valence-corrected chi connectivity index (χ2v) is 8.61. The van der Waals surface area contributed by atoms with Crippen LogP contribution in [0.2, 0.25) is 0 Å². The first kappa shape index (κ1) is 17.2. The van der Waals surface area contributed by atoms with Gasteiger partial charge >= 0.3 is 0 Å². The van der Waals surface area contributed by atoms with Crippen molar-refractivity contribution in [2.24, 2.45) is 5.92 Å². The third-order valence-electron chi connectivity index (χ3n) is 4.08. The monoisotopic (exact) mass is 429 g/mol. The van der Waals surface area contributed by atoms with E-state index in [0.717, 1.165) is 8.26 Å². The van der Waals surface area contributed by atoms with Crippen molar-refractivity contribution in [2.45, 2.75) is 32.2 Å². The van der Waals surface area contributed by atoms with E-state index in [9.17, 15) is 0 Å². The molecule has 1 aromatic carbocycles. The number of hydrogen-bond acceptors (Lipinski definition) is 2. The zero-order valence-electron chi connectivity index (χ0n) is 12.6. The maximum absolute atomic E-state index is 3.62. The molecule has 0 bridgehead atoms. The zero-order valence-corrected chi connectivity index (χ0v) is 16.6. The number of benzene rings is 1. The van der Waals surface area contributed by atoms with Crippen LogP contribution in [0.15, 0.2) is 44.7 Å². The molecule has 3 unspecified atom stereocenters. The summed E-state index contributed by atoms with van der Waals surface area (Å²) in [4.78, 5) is 1.37. The standard InChI is InChI=1S/C17H21Br2NS/c1-4-11(2)15(12-8-6-5-7-9-12)16(20-3)14-10-13(18)17(19)21-14/h5-11,15-16,20H,4H2,1-3H3. The summed E-state index contributed by atoms with van der Waals surface area (Å²) < 4.78 is 2.30. The minimum Gasteiger partial charge on any atom is -0.312 e. The average Bonchev–Trinajstić information content (AvgIpc) is 2.84. The molecule has 1 aromatic heterocycles. The molecule has 1 N–H and O–H groups in total. The van der Waals surface area contributed by atoms with Crippen molar-refractivity contribution in [2.75, 3.05) is 7.05 Å². The van der Waals surface area contributed by atoms with Gasteiger partial charge in [0.2, 0.25) is 0 Å². The number of rotatable bonds is 6. The van der Waals surface area contributed by atoms with Gasteiger partial charge in [-0.1, -0.05) is 50.6 Å². The molecule has 21 heavy (non-hydrogen) atoms. The molecule has 0 saturated heterocycles. The summed E-state index contributed by atoms with van der Waals surface area (Å²) in [7, 11) is 2.06. The first-order valence-corrected chi connectivity index (χ1v) is 9.65. The molecule has 0 aliphatic rings. The minimum absolute atomic E-state index is 0.329. The van der Waals surface area contributed by atoms with Crippen LogP contribution in [-0.4, -0.2) is 7.05 Å². The van der Waals surface area contributed by atoms with Crippen LogP contribution >= 0.6 is 43.2 Å². The van der Waals surface area contributed by atoms with Crippen LogP contribution in [0.3, 0.4) is 0 Å². The second-order valence-electron chi connectivity index (χ2n) is 5.36. The molecule has 1 heterocycles. The Hall–Kier alpha value is -0.160. The average molecular weight is 431 g/mol. The Labute approximate surface area is 148 Å². The molecule has 0 saturated carbocycles. The predicted octanol–water partition coefficient (Wildman–Crippen LogP) is 6.36. The lowest BCUT2D eigenvalue weighted by Gasteiger charge is -2.31. The summed E-state index contributed by atoms with van der Waals surface area (Å²) in [5.41, 5.74) is 1.41. The third-order valence-corrected chi connectivity index (χ3v) is 7.42. The maximum atomic E-state index is 3.62. The Bertz CT molecular complexity index is 548. The molecule has 2 rings (SSSR count). The van der Waals surface area contributed by atoms with Crippen molar-refractivity contribution in [3.05, 3.63) is 55.1 Å². The van der Waals surface area contributed by atoms with E-state index in [1.165, 1.54) is 16.9 Å². The van der Waals surface area contributed by atoms with Crippen LogP contribution in [-0.2, 0) is 0 Å². The Balaban J connectivity index is 2.42. The van der Waals surface area contributed by atoms with Crippen molar-refractivity contribution in [1.29, 1.82) is 0 Å². The normalized spacial score (nSPS) is 15.7. The van der Waals surface area contributed by atoms with Crippen LogP contribution in [0.25, 0.3) is 0 Å². The quantitative estimate of drug-likeness (QED) is 0.561. The minimum atomic E-state index is 0.329. The van der Waals surface area contributed by atoms with Gasteiger partial charge in [-0.3, -0.25) is 0 Å². The van der Waals surface area contributed by atoms with Gasteiger partial charge in [-0.2, -0.15) is 0 Å². The van der Waals surface area contributed by atoms with E-state index in [2.05, 4.69) is 94.5 Å². The number of thiophene rings is 1. The fourth-order valence-electron chi connectivity index (χ4n) is 2.79. The highest BCUT2D eigenvalue weighted by atomic mass is 79.9. The highest BCUT2D eigenvalue weighted by molar-refractivity contribution is 9.13. The van der Waals surface area contributed by atoms with Gasteiger partial charge in [-0.05, 0) is 56.5 Å². The summed E-state index contributed by atoms with van der Waals surface area (Å²) in [5, 5.41) is 3.54.